The summed E-state index contributed by atoms with van der Waals surface area (Å²) < 4.78 is 5.04. The van der Waals surface area contributed by atoms with Crippen molar-refractivity contribution in [2.75, 3.05) is 20.7 Å². The number of hydrogen-bond donors (Lipinski definition) is 2. The van der Waals surface area contributed by atoms with Crippen LogP contribution in [0, 0.1) is 0 Å². The van der Waals surface area contributed by atoms with Gasteiger partial charge in [0.2, 0.25) is 5.88 Å². The van der Waals surface area contributed by atoms with E-state index in [1.54, 1.807) is 20.4 Å². The molecule has 0 saturated carbocycles. The van der Waals surface area contributed by atoms with Gasteiger partial charge in [0.1, 0.15) is 0 Å². The number of nitrogens with zero attached hydrogens (tertiary/aromatic N) is 2. The van der Waals surface area contributed by atoms with E-state index in [2.05, 4.69) is 44.9 Å². The molecule has 1 aromatic heterocycles. The smallest absolute Gasteiger partial charge is 0.212 e. The second-order valence-corrected chi connectivity index (χ2v) is 4.80. The van der Waals surface area contributed by atoms with Crippen molar-refractivity contribution in [3.8, 4) is 5.88 Å². The molecule has 0 unspecified atom stereocenters. The molecular weight excluding hydrogens is 276 g/mol. The number of rotatable bonds is 6. The number of aromatic nitrogens is 1. The predicted octanol–water partition coefficient (Wildman–Crippen LogP) is 2.00. The lowest BCUT2D eigenvalue weighted by Crippen LogP contribution is -2.37. The largest absolute Gasteiger partial charge is 0.481 e. The van der Waals surface area contributed by atoms with E-state index in [-0.39, 0.29) is 0 Å². The minimum absolute atomic E-state index is 0.620. The number of benzene rings is 1. The lowest BCUT2D eigenvalue weighted by Gasteiger charge is -2.12. The fourth-order valence-electron chi connectivity index (χ4n) is 2.01. The second kappa shape index (κ2) is 8.67. The van der Waals surface area contributed by atoms with E-state index in [0.717, 1.165) is 24.5 Å². The Morgan fingerprint density at radius 2 is 1.91 bits per heavy atom. The van der Waals surface area contributed by atoms with Crippen LogP contribution in [0.1, 0.15) is 11.1 Å². The summed E-state index contributed by atoms with van der Waals surface area (Å²) in [5, 5.41) is 6.57. The monoisotopic (exact) mass is 298 g/mol. The molecule has 116 valence electrons. The lowest BCUT2D eigenvalue weighted by molar-refractivity contribution is 0.397. The van der Waals surface area contributed by atoms with Gasteiger partial charge >= 0.3 is 0 Å². The quantitative estimate of drug-likeness (QED) is 0.632. The Bertz CT molecular complexity index is 581. The fraction of sp³-hybridized carbons (Fsp3) is 0.294. The van der Waals surface area contributed by atoms with E-state index in [1.807, 2.05) is 18.2 Å². The molecule has 0 bridgehead atoms. The zero-order valence-electron chi connectivity index (χ0n) is 13.0. The first-order valence-corrected chi connectivity index (χ1v) is 7.29. The summed E-state index contributed by atoms with van der Waals surface area (Å²) in [5.41, 5.74) is 2.39. The molecule has 0 radical (unpaired) electrons. The third-order valence-corrected chi connectivity index (χ3v) is 3.24. The average Bonchev–Trinajstić information content (AvgIpc) is 2.59. The van der Waals surface area contributed by atoms with Crippen molar-refractivity contribution < 1.29 is 4.74 Å². The number of ether oxygens (including phenoxy) is 1. The molecule has 5 heteroatoms. The predicted molar refractivity (Wildman–Crippen MR) is 89.1 cm³/mol. The van der Waals surface area contributed by atoms with Crippen LogP contribution in [0.15, 0.2) is 53.7 Å². The third kappa shape index (κ3) is 5.09. The van der Waals surface area contributed by atoms with Crippen LogP contribution in [0.25, 0.3) is 0 Å². The van der Waals surface area contributed by atoms with Crippen LogP contribution in [0.5, 0.6) is 5.88 Å². The van der Waals surface area contributed by atoms with Gasteiger partial charge in [-0.15, -0.1) is 0 Å². The molecule has 0 aliphatic carbocycles. The van der Waals surface area contributed by atoms with Crippen molar-refractivity contribution in [3.63, 3.8) is 0 Å². The summed E-state index contributed by atoms with van der Waals surface area (Å²) >= 11 is 0. The summed E-state index contributed by atoms with van der Waals surface area (Å²) in [7, 11) is 3.38. The van der Waals surface area contributed by atoms with Gasteiger partial charge in [-0.3, -0.25) is 4.99 Å². The van der Waals surface area contributed by atoms with Crippen LogP contribution in [-0.2, 0) is 13.0 Å². The Labute approximate surface area is 131 Å². The van der Waals surface area contributed by atoms with Crippen LogP contribution in [0.3, 0.4) is 0 Å². The zero-order valence-corrected chi connectivity index (χ0v) is 13.0. The van der Waals surface area contributed by atoms with E-state index < -0.39 is 0 Å². The Morgan fingerprint density at radius 3 is 2.55 bits per heavy atom. The van der Waals surface area contributed by atoms with Gasteiger partial charge in [-0.1, -0.05) is 36.4 Å². The molecule has 0 fully saturated rings. The van der Waals surface area contributed by atoms with Crippen LogP contribution in [0.4, 0.5) is 0 Å². The number of nitrogens with one attached hydrogen (secondary N) is 2. The summed E-state index contributed by atoms with van der Waals surface area (Å²) in [5.74, 6) is 1.40. The van der Waals surface area contributed by atoms with Crippen LogP contribution in [0.2, 0.25) is 0 Å². The molecule has 0 atom stereocenters. The highest BCUT2D eigenvalue weighted by Crippen LogP contribution is 2.06. The summed E-state index contributed by atoms with van der Waals surface area (Å²) in [4.78, 5) is 8.40. The Morgan fingerprint density at radius 1 is 1.09 bits per heavy atom. The first-order chi connectivity index (χ1) is 10.8. The topological polar surface area (TPSA) is 58.5 Å². The maximum absolute atomic E-state index is 5.04. The molecule has 1 aromatic carbocycles. The molecule has 0 saturated heterocycles. The molecular formula is C17H22N4O. The van der Waals surface area contributed by atoms with Crippen molar-refractivity contribution in [1.29, 1.82) is 0 Å². The molecule has 5 nitrogen and oxygen atoms in total. The van der Waals surface area contributed by atoms with Crippen molar-refractivity contribution >= 4 is 5.96 Å². The molecule has 0 spiro atoms. The number of pyridine rings is 1. The Hall–Kier alpha value is -2.56. The van der Waals surface area contributed by atoms with Gasteiger partial charge < -0.3 is 15.4 Å². The van der Waals surface area contributed by atoms with Gasteiger partial charge in [-0.2, -0.15) is 0 Å². The highest BCUT2D eigenvalue weighted by Gasteiger charge is 2.00. The number of guanidine groups is 1. The van der Waals surface area contributed by atoms with E-state index in [1.165, 1.54) is 5.56 Å². The van der Waals surface area contributed by atoms with E-state index in [4.69, 9.17) is 4.74 Å². The molecule has 2 rings (SSSR count). The highest BCUT2D eigenvalue weighted by molar-refractivity contribution is 5.79. The number of methoxy groups -OCH3 is 1. The van der Waals surface area contributed by atoms with Crippen molar-refractivity contribution in [1.82, 2.24) is 15.6 Å². The molecule has 2 aromatic rings. The zero-order chi connectivity index (χ0) is 15.6. The van der Waals surface area contributed by atoms with Crippen molar-refractivity contribution in [2.24, 2.45) is 4.99 Å². The minimum atomic E-state index is 0.620. The molecule has 22 heavy (non-hydrogen) atoms. The summed E-state index contributed by atoms with van der Waals surface area (Å²) in [6.07, 6.45) is 2.76. The lowest BCUT2D eigenvalue weighted by atomic mass is 10.1. The van der Waals surface area contributed by atoms with Gasteiger partial charge in [0.25, 0.3) is 0 Å². The molecule has 2 N–H and O–H groups in total. The summed E-state index contributed by atoms with van der Waals surface area (Å²) in [6.45, 7) is 1.51. The van der Waals surface area contributed by atoms with Crippen LogP contribution < -0.4 is 15.4 Å². The van der Waals surface area contributed by atoms with Gasteiger partial charge in [0, 0.05) is 32.4 Å². The summed E-state index contributed by atoms with van der Waals surface area (Å²) in [6, 6.07) is 14.2. The third-order valence-electron chi connectivity index (χ3n) is 3.24. The van der Waals surface area contributed by atoms with Crippen molar-refractivity contribution in [2.45, 2.75) is 13.0 Å². The van der Waals surface area contributed by atoms with Gasteiger partial charge in [0.05, 0.1) is 7.11 Å². The van der Waals surface area contributed by atoms with Gasteiger partial charge in [0.15, 0.2) is 5.96 Å². The Balaban J connectivity index is 1.75. The van der Waals surface area contributed by atoms with E-state index in [0.29, 0.717) is 12.4 Å². The number of aliphatic imine (C=N–C) groups is 1. The van der Waals surface area contributed by atoms with Gasteiger partial charge in [-0.05, 0) is 17.5 Å². The molecule has 1 heterocycles. The van der Waals surface area contributed by atoms with E-state index >= 15 is 0 Å². The molecule has 0 aliphatic heterocycles. The van der Waals surface area contributed by atoms with Crippen LogP contribution in [-0.4, -0.2) is 31.6 Å². The number of hydrogen-bond acceptors (Lipinski definition) is 3. The SMILES string of the molecule is CN=C(NCCc1ccccc1)NCc1ccc(OC)nc1. The maximum Gasteiger partial charge on any atom is 0.212 e. The Kier molecular flexibility index (Phi) is 6.23. The molecule has 0 aliphatic rings. The standard InChI is InChI=1S/C17H22N4O/c1-18-17(19-11-10-14-6-4-3-5-7-14)21-13-15-8-9-16(22-2)20-12-15/h3-9,12H,10-11,13H2,1-2H3,(H2,18,19,21). The first kappa shape index (κ1) is 15.8. The van der Waals surface area contributed by atoms with Gasteiger partial charge in [-0.25, -0.2) is 4.98 Å². The molecule has 0 amide bonds. The minimum Gasteiger partial charge on any atom is -0.481 e. The maximum atomic E-state index is 5.04. The fourth-order valence-corrected chi connectivity index (χ4v) is 2.01. The van der Waals surface area contributed by atoms with Crippen molar-refractivity contribution in [3.05, 3.63) is 59.8 Å². The highest BCUT2D eigenvalue weighted by atomic mass is 16.5. The van der Waals surface area contributed by atoms with E-state index in [9.17, 15) is 0 Å². The second-order valence-electron chi connectivity index (χ2n) is 4.80. The average molecular weight is 298 g/mol. The normalized spacial score (nSPS) is 11.1. The van der Waals surface area contributed by atoms with Crippen LogP contribution >= 0.6 is 0 Å². The first-order valence-electron chi connectivity index (χ1n) is 7.29.